The molecule has 19 heavy (non-hydrogen) atoms. The van der Waals surface area contributed by atoms with E-state index >= 15 is 0 Å². The Morgan fingerprint density at radius 3 is 2.53 bits per heavy atom. The molecule has 0 spiro atoms. The summed E-state index contributed by atoms with van der Waals surface area (Å²) in [5.41, 5.74) is 0.542. The fraction of sp³-hybridized carbons (Fsp3) is 0.467. The van der Waals surface area contributed by atoms with Gasteiger partial charge in [0.25, 0.3) is 0 Å². The Labute approximate surface area is 114 Å². The van der Waals surface area contributed by atoms with Gasteiger partial charge in [-0.1, -0.05) is 30.3 Å². The van der Waals surface area contributed by atoms with Crippen molar-refractivity contribution in [3.63, 3.8) is 0 Å². The van der Waals surface area contributed by atoms with Crippen molar-refractivity contribution in [2.24, 2.45) is 10.9 Å². The summed E-state index contributed by atoms with van der Waals surface area (Å²) in [6, 6.07) is 9.77. The van der Waals surface area contributed by atoms with Crippen molar-refractivity contribution in [1.29, 1.82) is 0 Å². The number of carbonyl (C=O) groups is 1. The first-order valence-electron chi connectivity index (χ1n) is 6.32. The molecule has 0 fully saturated rings. The zero-order chi connectivity index (χ0) is 14.3. The van der Waals surface area contributed by atoms with Crippen LogP contribution in [-0.2, 0) is 11.2 Å². The molecule has 0 heterocycles. The molecule has 1 N–H and O–H groups in total. The number of hydrogen-bond donors (Lipinski definition) is 1. The van der Waals surface area contributed by atoms with Crippen LogP contribution in [0, 0.1) is 5.92 Å². The maximum atomic E-state index is 11.4. The first-order chi connectivity index (χ1) is 8.90. The number of carbonyl (C=O) groups excluding carboxylic acids is 1. The zero-order valence-corrected chi connectivity index (χ0v) is 11.7. The molecule has 0 saturated carbocycles. The van der Waals surface area contributed by atoms with E-state index < -0.39 is 11.7 Å². The molecule has 0 aliphatic rings. The summed E-state index contributed by atoms with van der Waals surface area (Å²) in [7, 11) is 0. The average Bonchev–Trinajstić information content (AvgIpc) is 2.33. The van der Waals surface area contributed by atoms with Crippen LogP contribution in [-0.4, -0.2) is 29.6 Å². The highest BCUT2D eigenvalue weighted by Gasteiger charge is 2.15. The summed E-state index contributed by atoms with van der Waals surface area (Å²) in [5.74, 6) is -0.185. The van der Waals surface area contributed by atoms with Crippen molar-refractivity contribution in [2.75, 3.05) is 6.61 Å². The van der Waals surface area contributed by atoms with Gasteiger partial charge in [0.1, 0.15) is 5.60 Å². The van der Waals surface area contributed by atoms with Crippen LogP contribution in [0.1, 0.15) is 26.3 Å². The number of nitrogens with zero attached hydrogens (tertiary/aromatic N) is 1. The molecule has 0 radical (unpaired) electrons. The largest absolute Gasteiger partial charge is 0.442 e. The summed E-state index contributed by atoms with van der Waals surface area (Å²) < 4.78 is 5.06. The molecule has 1 aromatic carbocycles. The summed E-state index contributed by atoms with van der Waals surface area (Å²) in [6.07, 6.45) is 1.48. The Kier molecular flexibility index (Phi) is 5.70. The van der Waals surface area contributed by atoms with E-state index in [1.165, 1.54) is 6.21 Å². The molecule has 0 saturated heterocycles. The monoisotopic (exact) mass is 263 g/mol. The fourth-order valence-electron chi connectivity index (χ4n) is 1.54. The van der Waals surface area contributed by atoms with Crippen molar-refractivity contribution < 1.29 is 14.6 Å². The van der Waals surface area contributed by atoms with Gasteiger partial charge < -0.3 is 9.84 Å². The Balaban J connectivity index is 2.55. The van der Waals surface area contributed by atoms with Gasteiger partial charge in [0.15, 0.2) is 0 Å². The SMILES string of the molecule is CC(C)(C)OC(=O)/N=C/[C@H](CO)Cc1ccccc1. The Hall–Kier alpha value is -1.68. The minimum atomic E-state index is -0.626. The molecule has 0 aromatic heterocycles. The van der Waals surface area contributed by atoms with E-state index in [2.05, 4.69) is 4.99 Å². The highest BCUT2D eigenvalue weighted by atomic mass is 16.6. The van der Waals surface area contributed by atoms with Crippen LogP contribution in [0.3, 0.4) is 0 Å². The van der Waals surface area contributed by atoms with Crippen molar-refractivity contribution in [1.82, 2.24) is 0 Å². The van der Waals surface area contributed by atoms with Crippen molar-refractivity contribution >= 4 is 12.3 Å². The molecule has 4 nitrogen and oxygen atoms in total. The lowest BCUT2D eigenvalue weighted by Gasteiger charge is -2.17. The number of aliphatic hydroxyl groups is 1. The predicted molar refractivity (Wildman–Crippen MR) is 75.4 cm³/mol. The number of aliphatic hydroxyl groups excluding tert-OH is 1. The van der Waals surface area contributed by atoms with Crippen LogP contribution in [0.15, 0.2) is 35.3 Å². The molecule has 0 aliphatic heterocycles. The highest BCUT2D eigenvalue weighted by molar-refractivity contribution is 5.80. The summed E-state index contributed by atoms with van der Waals surface area (Å²) in [5, 5.41) is 9.29. The van der Waals surface area contributed by atoms with Crippen molar-refractivity contribution in [3.05, 3.63) is 35.9 Å². The number of hydrogen-bond acceptors (Lipinski definition) is 3. The van der Waals surface area contributed by atoms with E-state index in [-0.39, 0.29) is 12.5 Å². The second kappa shape index (κ2) is 7.04. The first-order valence-corrected chi connectivity index (χ1v) is 6.32. The lowest BCUT2D eigenvalue weighted by molar-refractivity contribution is 0.0604. The maximum Gasteiger partial charge on any atom is 0.433 e. The molecule has 4 heteroatoms. The summed E-state index contributed by atoms with van der Waals surface area (Å²) >= 11 is 0. The molecule has 1 aromatic rings. The summed E-state index contributed by atoms with van der Waals surface area (Å²) in [6.45, 7) is 5.30. The van der Waals surface area contributed by atoms with E-state index in [9.17, 15) is 9.90 Å². The van der Waals surface area contributed by atoms with E-state index in [1.54, 1.807) is 20.8 Å². The molecular weight excluding hydrogens is 242 g/mol. The van der Waals surface area contributed by atoms with E-state index in [0.29, 0.717) is 6.42 Å². The molecule has 0 bridgehead atoms. The highest BCUT2D eigenvalue weighted by Crippen LogP contribution is 2.09. The molecule has 1 amide bonds. The van der Waals surface area contributed by atoms with Gasteiger partial charge in [0, 0.05) is 12.1 Å². The van der Waals surface area contributed by atoms with Gasteiger partial charge in [0.2, 0.25) is 0 Å². The smallest absolute Gasteiger partial charge is 0.433 e. The van der Waals surface area contributed by atoms with Gasteiger partial charge in [0.05, 0.1) is 6.61 Å². The van der Waals surface area contributed by atoms with E-state index in [1.807, 2.05) is 30.3 Å². The van der Waals surface area contributed by atoms with Crippen LogP contribution >= 0.6 is 0 Å². The van der Waals surface area contributed by atoms with Crippen molar-refractivity contribution in [2.45, 2.75) is 32.8 Å². The molecule has 1 atom stereocenters. The van der Waals surface area contributed by atoms with Gasteiger partial charge in [-0.05, 0) is 32.8 Å². The molecule has 104 valence electrons. The zero-order valence-electron chi connectivity index (χ0n) is 11.7. The number of ether oxygens (including phenoxy) is 1. The second-order valence-electron chi connectivity index (χ2n) is 5.39. The normalized spacial score (nSPS) is 13.5. The van der Waals surface area contributed by atoms with Crippen LogP contribution < -0.4 is 0 Å². The molecule has 0 unspecified atom stereocenters. The number of rotatable bonds is 4. The minimum Gasteiger partial charge on any atom is -0.442 e. The van der Waals surface area contributed by atoms with Crippen LogP contribution in [0.2, 0.25) is 0 Å². The number of benzene rings is 1. The molecule has 1 rings (SSSR count). The minimum absolute atomic E-state index is 0.0544. The predicted octanol–water partition coefficient (Wildman–Crippen LogP) is 2.84. The van der Waals surface area contributed by atoms with Crippen LogP contribution in [0.5, 0.6) is 0 Å². The fourth-order valence-corrected chi connectivity index (χ4v) is 1.54. The standard InChI is InChI=1S/C15H21NO3/c1-15(2,3)19-14(18)16-10-13(11-17)9-12-7-5-4-6-8-12/h4-8,10,13,17H,9,11H2,1-3H3/b16-10+/t13-/m1/s1. The Morgan fingerprint density at radius 2 is 2.00 bits per heavy atom. The molecule has 0 aliphatic carbocycles. The lowest BCUT2D eigenvalue weighted by atomic mass is 10.0. The summed E-state index contributed by atoms with van der Waals surface area (Å²) in [4.78, 5) is 15.2. The topological polar surface area (TPSA) is 58.9 Å². The third-order valence-corrected chi connectivity index (χ3v) is 2.36. The van der Waals surface area contributed by atoms with Crippen molar-refractivity contribution in [3.8, 4) is 0 Å². The Morgan fingerprint density at radius 1 is 1.37 bits per heavy atom. The molecular formula is C15H21NO3. The maximum absolute atomic E-state index is 11.4. The average molecular weight is 263 g/mol. The van der Waals surface area contributed by atoms with E-state index in [4.69, 9.17) is 4.74 Å². The van der Waals surface area contributed by atoms with Gasteiger partial charge in [-0.2, -0.15) is 4.99 Å². The van der Waals surface area contributed by atoms with Gasteiger partial charge in [-0.25, -0.2) is 4.79 Å². The van der Waals surface area contributed by atoms with E-state index in [0.717, 1.165) is 5.56 Å². The first kappa shape index (κ1) is 15.4. The van der Waals surface area contributed by atoms with Gasteiger partial charge >= 0.3 is 6.09 Å². The lowest BCUT2D eigenvalue weighted by Crippen LogP contribution is -2.22. The third kappa shape index (κ3) is 6.72. The Bertz CT molecular complexity index is 421. The number of aliphatic imine (C=N–C) groups is 1. The van der Waals surface area contributed by atoms with Crippen LogP contribution in [0.25, 0.3) is 0 Å². The van der Waals surface area contributed by atoms with Gasteiger partial charge in [-0.15, -0.1) is 0 Å². The van der Waals surface area contributed by atoms with Crippen LogP contribution in [0.4, 0.5) is 4.79 Å². The quantitative estimate of drug-likeness (QED) is 0.850. The van der Waals surface area contributed by atoms with Gasteiger partial charge in [-0.3, -0.25) is 0 Å². The second-order valence-corrected chi connectivity index (χ2v) is 5.39. The number of amides is 1. The third-order valence-electron chi connectivity index (χ3n) is 2.36.